The van der Waals surface area contributed by atoms with Crippen molar-refractivity contribution in [1.29, 1.82) is 0 Å². The molecule has 3 rings (SSSR count). The molecule has 5 heteroatoms. The summed E-state index contributed by atoms with van der Waals surface area (Å²) in [5, 5.41) is 9.27. The summed E-state index contributed by atoms with van der Waals surface area (Å²) in [5.74, 6) is -0.245. The van der Waals surface area contributed by atoms with E-state index in [0.717, 1.165) is 5.56 Å². The van der Waals surface area contributed by atoms with Gasteiger partial charge >= 0.3 is 5.97 Å². The molecule has 0 radical (unpaired) electrons. The maximum absolute atomic E-state index is 11.3. The molecule has 1 N–H and O–H groups in total. The first-order chi connectivity index (χ1) is 10.7. The molecule has 0 bridgehead atoms. The standard InChI is InChI=1S/C17H16N2O3/c1-19-15(11-22-10-12-6-3-2-4-7-12)18-14-9-5-8-13(16(14)19)17(20)21/h2-9H,10-11H2,1H3,(H,20,21). The van der Waals surface area contributed by atoms with Crippen LogP contribution in [0.4, 0.5) is 0 Å². The Bertz CT molecular complexity index is 809. The third-order valence-electron chi connectivity index (χ3n) is 3.56. The van der Waals surface area contributed by atoms with Crippen molar-refractivity contribution in [3.63, 3.8) is 0 Å². The topological polar surface area (TPSA) is 64.4 Å². The number of aromatic nitrogens is 2. The molecule has 0 unspecified atom stereocenters. The highest BCUT2D eigenvalue weighted by Crippen LogP contribution is 2.20. The van der Waals surface area contributed by atoms with Crippen LogP contribution in [0.2, 0.25) is 0 Å². The van der Waals surface area contributed by atoms with E-state index in [4.69, 9.17) is 4.74 Å². The molecule has 1 aromatic heterocycles. The number of fused-ring (bicyclic) bond motifs is 1. The van der Waals surface area contributed by atoms with Crippen LogP contribution < -0.4 is 0 Å². The van der Waals surface area contributed by atoms with Crippen molar-refractivity contribution in [2.24, 2.45) is 7.05 Å². The summed E-state index contributed by atoms with van der Waals surface area (Å²) in [5.41, 5.74) is 2.63. The van der Waals surface area contributed by atoms with E-state index in [1.807, 2.05) is 43.4 Å². The highest BCUT2D eigenvalue weighted by atomic mass is 16.5. The molecule has 0 aliphatic carbocycles. The molecule has 0 spiro atoms. The van der Waals surface area contributed by atoms with Crippen LogP contribution in [0.3, 0.4) is 0 Å². The van der Waals surface area contributed by atoms with Crippen molar-refractivity contribution in [1.82, 2.24) is 9.55 Å². The lowest BCUT2D eigenvalue weighted by molar-refractivity contribution is 0.0698. The fraction of sp³-hybridized carbons (Fsp3) is 0.176. The highest BCUT2D eigenvalue weighted by molar-refractivity contribution is 6.01. The van der Waals surface area contributed by atoms with Crippen LogP contribution in [0, 0.1) is 0 Å². The molecular formula is C17H16N2O3. The Morgan fingerprint density at radius 3 is 2.64 bits per heavy atom. The van der Waals surface area contributed by atoms with Gasteiger partial charge in [0.25, 0.3) is 0 Å². The molecule has 112 valence electrons. The van der Waals surface area contributed by atoms with E-state index in [-0.39, 0.29) is 5.56 Å². The van der Waals surface area contributed by atoms with Crippen LogP contribution in [0.1, 0.15) is 21.7 Å². The maximum atomic E-state index is 11.3. The fourth-order valence-electron chi connectivity index (χ4n) is 2.45. The third kappa shape index (κ3) is 2.71. The van der Waals surface area contributed by atoms with Gasteiger partial charge in [-0.2, -0.15) is 0 Å². The molecule has 0 fully saturated rings. The molecule has 0 saturated carbocycles. The van der Waals surface area contributed by atoms with Gasteiger partial charge in [-0.25, -0.2) is 9.78 Å². The first kappa shape index (κ1) is 14.3. The summed E-state index contributed by atoms with van der Waals surface area (Å²) in [6.07, 6.45) is 0. The second-order valence-corrected chi connectivity index (χ2v) is 5.04. The van der Waals surface area contributed by atoms with E-state index in [0.29, 0.717) is 30.1 Å². The number of imidazole rings is 1. The fourth-order valence-corrected chi connectivity index (χ4v) is 2.45. The van der Waals surface area contributed by atoms with Gasteiger partial charge in [0.2, 0.25) is 0 Å². The average Bonchev–Trinajstić information content (AvgIpc) is 2.85. The van der Waals surface area contributed by atoms with Crippen LogP contribution >= 0.6 is 0 Å². The van der Waals surface area contributed by atoms with Gasteiger partial charge in [-0.1, -0.05) is 36.4 Å². The third-order valence-corrected chi connectivity index (χ3v) is 3.56. The summed E-state index contributed by atoms with van der Waals surface area (Å²) in [4.78, 5) is 15.8. The quantitative estimate of drug-likeness (QED) is 0.786. The van der Waals surface area contributed by atoms with Gasteiger partial charge in [0.05, 0.1) is 23.2 Å². The van der Waals surface area contributed by atoms with E-state index in [2.05, 4.69) is 4.98 Å². The van der Waals surface area contributed by atoms with Crippen molar-refractivity contribution in [2.45, 2.75) is 13.2 Å². The molecular weight excluding hydrogens is 280 g/mol. The number of ether oxygens (including phenoxy) is 1. The van der Waals surface area contributed by atoms with Crippen LogP contribution in [-0.2, 0) is 25.0 Å². The predicted octanol–water partition coefficient (Wildman–Crippen LogP) is 2.99. The largest absolute Gasteiger partial charge is 0.478 e. The molecule has 2 aromatic carbocycles. The zero-order chi connectivity index (χ0) is 15.5. The summed E-state index contributed by atoms with van der Waals surface area (Å²) in [6, 6.07) is 15.0. The number of hydrogen-bond donors (Lipinski definition) is 1. The first-order valence-electron chi connectivity index (χ1n) is 6.96. The summed E-state index contributed by atoms with van der Waals surface area (Å²) in [6.45, 7) is 0.828. The number of para-hydroxylation sites is 1. The maximum Gasteiger partial charge on any atom is 0.337 e. The molecule has 0 aliphatic rings. The lowest BCUT2D eigenvalue weighted by Gasteiger charge is -2.05. The molecule has 5 nitrogen and oxygen atoms in total. The van der Waals surface area contributed by atoms with E-state index in [1.165, 1.54) is 0 Å². The van der Waals surface area contributed by atoms with Gasteiger partial charge in [0, 0.05) is 7.05 Å². The lowest BCUT2D eigenvalue weighted by Crippen LogP contribution is -2.04. The molecule has 0 amide bonds. The molecule has 0 aliphatic heterocycles. The van der Waals surface area contributed by atoms with Crippen molar-refractivity contribution in [3.05, 3.63) is 65.5 Å². The summed E-state index contributed by atoms with van der Waals surface area (Å²) >= 11 is 0. The number of carboxylic acids is 1. The minimum Gasteiger partial charge on any atom is -0.478 e. The Hall–Kier alpha value is -2.66. The normalized spacial score (nSPS) is 11.0. The second-order valence-electron chi connectivity index (χ2n) is 5.04. The number of aryl methyl sites for hydroxylation is 1. The molecule has 1 heterocycles. The Labute approximate surface area is 127 Å². The number of aromatic carboxylic acids is 1. The minimum absolute atomic E-state index is 0.252. The number of nitrogens with zero attached hydrogens (tertiary/aromatic N) is 2. The van der Waals surface area contributed by atoms with E-state index < -0.39 is 5.97 Å². The van der Waals surface area contributed by atoms with Gasteiger partial charge in [-0.05, 0) is 17.7 Å². The molecule has 0 saturated heterocycles. The molecule has 0 atom stereocenters. The first-order valence-corrected chi connectivity index (χ1v) is 6.96. The number of carboxylic acid groups (broad SMARTS) is 1. The average molecular weight is 296 g/mol. The van der Waals surface area contributed by atoms with Gasteiger partial charge in [-0.15, -0.1) is 0 Å². The lowest BCUT2D eigenvalue weighted by atomic mass is 10.2. The van der Waals surface area contributed by atoms with E-state index in [1.54, 1.807) is 16.7 Å². The summed E-state index contributed by atoms with van der Waals surface area (Å²) < 4.78 is 7.47. The number of hydrogen-bond acceptors (Lipinski definition) is 3. The minimum atomic E-state index is -0.953. The number of benzene rings is 2. The van der Waals surface area contributed by atoms with Crippen LogP contribution in [-0.4, -0.2) is 20.6 Å². The summed E-state index contributed by atoms with van der Waals surface area (Å²) in [7, 11) is 1.81. The van der Waals surface area contributed by atoms with E-state index >= 15 is 0 Å². The predicted molar refractivity (Wildman–Crippen MR) is 82.6 cm³/mol. The van der Waals surface area contributed by atoms with Gasteiger partial charge < -0.3 is 14.4 Å². The molecule has 22 heavy (non-hydrogen) atoms. The van der Waals surface area contributed by atoms with Gasteiger partial charge in [0.15, 0.2) is 0 Å². The number of rotatable bonds is 5. The van der Waals surface area contributed by atoms with Crippen molar-refractivity contribution in [3.8, 4) is 0 Å². The van der Waals surface area contributed by atoms with E-state index in [9.17, 15) is 9.90 Å². The Balaban J connectivity index is 1.81. The Morgan fingerprint density at radius 1 is 1.14 bits per heavy atom. The smallest absolute Gasteiger partial charge is 0.337 e. The SMILES string of the molecule is Cn1c(COCc2ccccc2)nc2cccc(C(=O)O)c21. The second kappa shape index (κ2) is 5.99. The monoisotopic (exact) mass is 296 g/mol. The highest BCUT2D eigenvalue weighted by Gasteiger charge is 2.15. The van der Waals surface area contributed by atoms with Crippen LogP contribution in [0.5, 0.6) is 0 Å². The molecule has 3 aromatic rings. The van der Waals surface area contributed by atoms with Gasteiger partial charge in [0.1, 0.15) is 12.4 Å². The van der Waals surface area contributed by atoms with Crippen LogP contribution in [0.15, 0.2) is 48.5 Å². The number of carbonyl (C=O) groups is 1. The Morgan fingerprint density at radius 2 is 1.91 bits per heavy atom. The van der Waals surface area contributed by atoms with Gasteiger partial charge in [-0.3, -0.25) is 0 Å². The Kier molecular flexibility index (Phi) is 3.89. The van der Waals surface area contributed by atoms with Crippen LogP contribution in [0.25, 0.3) is 11.0 Å². The van der Waals surface area contributed by atoms with Crippen molar-refractivity contribution < 1.29 is 14.6 Å². The van der Waals surface area contributed by atoms with Crippen molar-refractivity contribution in [2.75, 3.05) is 0 Å². The van der Waals surface area contributed by atoms with Crippen molar-refractivity contribution >= 4 is 17.0 Å². The zero-order valence-electron chi connectivity index (χ0n) is 12.2. The zero-order valence-corrected chi connectivity index (χ0v) is 12.2.